The lowest BCUT2D eigenvalue weighted by Crippen LogP contribution is -2.38. The van der Waals surface area contributed by atoms with Gasteiger partial charge in [-0.15, -0.1) is 0 Å². The molecule has 5 heteroatoms. The summed E-state index contributed by atoms with van der Waals surface area (Å²) in [5.74, 6) is 1.79. The second kappa shape index (κ2) is 8.65. The summed E-state index contributed by atoms with van der Waals surface area (Å²) >= 11 is 6.23. The van der Waals surface area contributed by atoms with Crippen molar-refractivity contribution in [3.8, 4) is 11.5 Å². The van der Waals surface area contributed by atoms with Crippen LogP contribution in [0.2, 0.25) is 5.02 Å². The minimum absolute atomic E-state index is 0.482. The fourth-order valence-electron chi connectivity index (χ4n) is 3.47. The number of nitrogens with one attached hydrogen (secondary N) is 1. The van der Waals surface area contributed by atoms with E-state index < -0.39 is 0 Å². The third-order valence-corrected chi connectivity index (χ3v) is 5.51. The Morgan fingerprint density at radius 1 is 1.12 bits per heavy atom. The zero-order valence-corrected chi connectivity index (χ0v) is 16.5. The average molecular weight is 375 g/mol. The average Bonchev–Trinajstić information content (AvgIpc) is 2.67. The smallest absolute Gasteiger partial charge is 0.123 e. The van der Waals surface area contributed by atoms with E-state index >= 15 is 0 Å². The lowest BCUT2D eigenvalue weighted by atomic mass is 10.0. The van der Waals surface area contributed by atoms with Crippen molar-refractivity contribution in [2.45, 2.75) is 32.4 Å². The van der Waals surface area contributed by atoms with E-state index in [2.05, 4.69) is 29.3 Å². The highest BCUT2D eigenvalue weighted by molar-refractivity contribution is 6.31. The van der Waals surface area contributed by atoms with E-state index in [0.717, 1.165) is 60.2 Å². The van der Waals surface area contributed by atoms with Gasteiger partial charge in [-0.3, -0.25) is 4.90 Å². The number of benzene rings is 2. The number of nitrogens with zero attached hydrogens (tertiary/aromatic N) is 1. The van der Waals surface area contributed by atoms with Gasteiger partial charge >= 0.3 is 0 Å². The maximum atomic E-state index is 6.23. The first-order chi connectivity index (χ1) is 12.6. The van der Waals surface area contributed by atoms with Crippen LogP contribution < -0.4 is 14.8 Å². The zero-order valence-electron chi connectivity index (χ0n) is 15.7. The van der Waals surface area contributed by atoms with Gasteiger partial charge in [-0.2, -0.15) is 0 Å². The Hall–Kier alpha value is -1.91. The predicted octanol–water partition coefficient (Wildman–Crippen LogP) is 4.74. The van der Waals surface area contributed by atoms with E-state index in [4.69, 9.17) is 21.1 Å². The van der Waals surface area contributed by atoms with E-state index in [0.29, 0.717) is 6.04 Å². The van der Waals surface area contributed by atoms with Crippen LogP contribution in [0.3, 0.4) is 0 Å². The third kappa shape index (κ3) is 4.43. The standard InChI is InChI=1S/C21H27ClN2O2/c1-15-19(22)5-4-6-20(15)23-17-9-11-24(12-10-17)14-16-13-18(25-2)7-8-21(16)26-3/h4-8,13,17,23H,9-12,14H2,1-3H3. The van der Waals surface area contributed by atoms with E-state index in [1.165, 1.54) is 5.56 Å². The van der Waals surface area contributed by atoms with Gasteiger partial charge in [0.25, 0.3) is 0 Å². The number of hydrogen-bond acceptors (Lipinski definition) is 4. The number of piperidine rings is 1. The van der Waals surface area contributed by atoms with Crippen LogP contribution in [0.15, 0.2) is 36.4 Å². The van der Waals surface area contributed by atoms with Crippen molar-refractivity contribution in [2.24, 2.45) is 0 Å². The molecule has 1 fully saturated rings. The summed E-state index contributed by atoms with van der Waals surface area (Å²) in [6, 6.07) is 12.5. The quantitative estimate of drug-likeness (QED) is 0.791. The predicted molar refractivity (Wildman–Crippen MR) is 108 cm³/mol. The fraction of sp³-hybridized carbons (Fsp3) is 0.429. The van der Waals surface area contributed by atoms with Gasteiger partial charge in [0, 0.05) is 41.9 Å². The molecule has 1 saturated heterocycles. The summed E-state index contributed by atoms with van der Waals surface area (Å²) in [6.45, 7) is 5.05. The van der Waals surface area contributed by atoms with Gasteiger partial charge in [-0.1, -0.05) is 17.7 Å². The first-order valence-electron chi connectivity index (χ1n) is 9.05. The lowest BCUT2D eigenvalue weighted by Gasteiger charge is -2.33. The van der Waals surface area contributed by atoms with E-state index in [-0.39, 0.29) is 0 Å². The summed E-state index contributed by atoms with van der Waals surface area (Å²) in [6.07, 6.45) is 2.22. The molecule has 1 aliphatic rings. The Morgan fingerprint density at radius 3 is 2.58 bits per heavy atom. The number of anilines is 1. The SMILES string of the molecule is COc1ccc(OC)c(CN2CCC(Nc3cccc(Cl)c3C)CC2)c1. The molecule has 1 aliphatic heterocycles. The minimum atomic E-state index is 0.482. The second-order valence-corrected chi connectivity index (χ2v) is 7.19. The highest BCUT2D eigenvalue weighted by Crippen LogP contribution is 2.28. The number of methoxy groups -OCH3 is 2. The molecule has 140 valence electrons. The van der Waals surface area contributed by atoms with Gasteiger partial charge < -0.3 is 14.8 Å². The molecule has 0 radical (unpaired) electrons. The number of likely N-dealkylation sites (tertiary alicyclic amines) is 1. The van der Waals surface area contributed by atoms with Crippen LogP contribution >= 0.6 is 11.6 Å². The molecule has 26 heavy (non-hydrogen) atoms. The molecule has 0 saturated carbocycles. The van der Waals surface area contributed by atoms with Crippen molar-refractivity contribution in [3.05, 3.63) is 52.5 Å². The van der Waals surface area contributed by atoms with E-state index in [1.807, 2.05) is 24.3 Å². The third-order valence-electron chi connectivity index (χ3n) is 5.10. The highest BCUT2D eigenvalue weighted by Gasteiger charge is 2.21. The van der Waals surface area contributed by atoms with Crippen molar-refractivity contribution < 1.29 is 9.47 Å². The minimum Gasteiger partial charge on any atom is -0.497 e. The first kappa shape index (κ1) is 18.9. The monoisotopic (exact) mass is 374 g/mol. The summed E-state index contributed by atoms with van der Waals surface area (Å²) in [7, 11) is 3.41. The van der Waals surface area contributed by atoms with E-state index in [9.17, 15) is 0 Å². The molecule has 0 aromatic heterocycles. The summed E-state index contributed by atoms with van der Waals surface area (Å²) in [5.41, 5.74) is 3.44. The number of ether oxygens (including phenoxy) is 2. The Morgan fingerprint density at radius 2 is 1.88 bits per heavy atom. The number of halogens is 1. The van der Waals surface area contributed by atoms with Crippen LogP contribution in [-0.2, 0) is 6.54 Å². The molecule has 0 spiro atoms. The van der Waals surface area contributed by atoms with Gasteiger partial charge in [-0.05, 0) is 55.7 Å². The molecule has 4 nitrogen and oxygen atoms in total. The van der Waals surface area contributed by atoms with Gasteiger partial charge in [-0.25, -0.2) is 0 Å². The summed E-state index contributed by atoms with van der Waals surface area (Å²) < 4.78 is 10.9. The van der Waals surface area contributed by atoms with Crippen molar-refractivity contribution in [1.82, 2.24) is 4.90 Å². The van der Waals surface area contributed by atoms with Crippen LogP contribution in [0.5, 0.6) is 11.5 Å². The van der Waals surface area contributed by atoms with Crippen molar-refractivity contribution in [3.63, 3.8) is 0 Å². The molecule has 0 atom stereocenters. The molecule has 0 amide bonds. The summed E-state index contributed by atoms with van der Waals surface area (Å²) in [4.78, 5) is 2.47. The molecular weight excluding hydrogens is 348 g/mol. The van der Waals surface area contributed by atoms with Gasteiger partial charge in [0.2, 0.25) is 0 Å². The maximum Gasteiger partial charge on any atom is 0.123 e. The van der Waals surface area contributed by atoms with Gasteiger partial charge in [0.05, 0.1) is 14.2 Å². The molecule has 3 rings (SSSR count). The molecule has 0 unspecified atom stereocenters. The van der Waals surface area contributed by atoms with Crippen molar-refractivity contribution >= 4 is 17.3 Å². The van der Waals surface area contributed by atoms with Crippen LogP contribution in [0.1, 0.15) is 24.0 Å². The van der Waals surface area contributed by atoms with Crippen molar-refractivity contribution in [1.29, 1.82) is 0 Å². The van der Waals surface area contributed by atoms with Gasteiger partial charge in [0.15, 0.2) is 0 Å². The topological polar surface area (TPSA) is 33.7 Å². The molecule has 0 aliphatic carbocycles. The van der Waals surface area contributed by atoms with Crippen LogP contribution in [0, 0.1) is 6.92 Å². The molecular formula is C21H27ClN2O2. The first-order valence-corrected chi connectivity index (χ1v) is 9.43. The summed E-state index contributed by atoms with van der Waals surface area (Å²) in [5, 5.41) is 4.48. The highest BCUT2D eigenvalue weighted by atomic mass is 35.5. The van der Waals surface area contributed by atoms with Crippen molar-refractivity contribution in [2.75, 3.05) is 32.6 Å². The molecule has 2 aromatic carbocycles. The number of hydrogen-bond donors (Lipinski definition) is 1. The number of rotatable bonds is 6. The molecule has 1 heterocycles. The Labute approximate surface area is 161 Å². The van der Waals surface area contributed by atoms with E-state index in [1.54, 1.807) is 14.2 Å². The Kier molecular flexibility index (Phi) is 6.28. The van der Waals surface area contributed by atoms with Gasteiger partial charge in [0.1, 0.15) is 11.5 Å². The molecule has 2 aromatic rings. The molecule has 0 bridgehead atoms. The Bertz CT molecular complexity index is 743. The molecule has 1 N–H and O–H groups in total. The fourth-order valence-corrected chi connectivity index (χ4v) is 3.64. The second-order valence-electron chi connectivity index (χ2n) is 6.78. The largest absolute Gasteiger partial charge is 0.497 e. The zero-order chi connectivity index (χ0) is 18.5. The van der Waals surface area contributed by atoms with Crippen LogP contribution in [-0.4, -0.2) is 38.3 Å². The van der Waals surface area contributed by atoms with Crippen LogP contribution in [0.25, 0.3) is 0 Å². The maximum absolute atomic E-state index is 6.23. The van der Waals surface area contributed by atoms with Crippen LogP contribution in [0.4, 0.5) is 5.69 Å². The lowest BCUT2D eigenvalue weighted by molar-refractivity contribution is 0.208. The normalized spacial score (nSPS) is 15.7. The Balaban J connectivity index is 1.58.